The van der Waals surface area contributed by atoms with Gasteiger partial charge in [0.05, 0.1) is 4.47 Å². The lowest BCUT2D eigenvalue weighted by Gasteiger charge is -2.09. The topological polar surface area (TPSA) is 83.4 Å². The number of hydrogen-bond donors (Lipinski definition) is 0. The molecule has 2 heterocycles. The standard InChI is InChI=1S/C26H15Br2NO6/c27-18-10-17(24(19(28)13-18)34-23(30)9-6-15-4-2-1-3-5-15)11-20-26(31)35-25(29-20)16-7-8-21-22(12-16)33-14-32-21/h1-13H,14H2/b9-6+,20-11+. The van der Waals surface area contributed by atoms with Crippen molar-refractivity contribution in [3.63, 3.8) is 0 Å². The molecule has 0 bridgehead atoms. The molecule has 0 spiro atoms. The first kappa shape index (κ1) is 23.1. The molecule has 3 aromatic rings. The summed E-state index contributed by atoms with van der Waals surface area (Å²) in [5.74, 6) is 0.333. The number of aliphatic imine (C=N–C) groups is 1. The molecule has 2 aliphatic rings. The van der Waals surface area contributed by atoms with Crippen molar-refractivity contribution in [2.75, 3.05) is 6.79 Å². The van der Waals surface area contributed by atoms with Gasteiger partial charge >= 0.3 is 11.9 Å². The molecule has 0 atom stereocenters. The van der Waals surface area contributed by atoms with Crippen LogP contribution < -0.4 is 14.2 Å². The smallest absolute Gasteiger partial charge is 0.363 e. The molecule has 0 radical (unpaired) electrons. The summed E-state index contributed by atoms with van der Waals surface area (Å²) in [6.07, 6.45) is 4.49. The van der Waals surface area contributed by atoms with E-state index in [1.54, 1.807) is 36.4 Å². The van der Waals surface area contributed by atoms with Crippen molar-refractivity contribution in [3.8, 4) is 17.2 Å². The first-order chi connectivity index (χ1) is 17.0. The molecule has 0 N–H and O–H groups in total. The monoisotopic (exact) mass is 595 g/mol. The van der Waals surface area contributed by atoms with Crippen molar-refractivity contribution in [2.24, 2.45) is 4.99 Å². The Labute approximate surface area is 216 Å². The summed E-state index contributed by atoms with van der Waals surface area (Å²) >= 11 is 6.85. The van der Waals surface area contributed by atoms with Gasteiger partial charge in [-0.1, -0.05) is 46.3 Å². The second-order valence-electron chi connectivity index (χ2n) is 7.38. The van der Waals surface area contributed by atoms with Crippen molar-refractivity contribution in [3.05, 3.63) is 98.1 Å². The zero-order chi connectivity index (χ0) is 24.4. The van der Waals surface area contributed by atoms with E-state index in [4.69, 9.17) is 18.9 Å². The van der Waals surface area contributed by atoms with Crippen molar-refractivity contribution in [2.45, 2.75) is 0 Å². The van der Waals surface area contributed by atoms with Gasteiger partial charge in [-0.3, -0.25) is 0 Å². The van der Waals surface area contributed by atoms with Crippen LogP contribution in [0.4, 0.5) is 0 Å². The predicted octanol–water partition coefficient (Wildman–Crippen LogP) is 5.90. The summed E-state index contributed by atoms with van der Waals surface area (Å²) in [5, 5.41) is 0. The van der Waals surface area contributed by atoms with Crippen LogP contribution in [0.3, 0.4) is 0 Å². The fraction of sp³-hybridized carbons (Fsp3) is 0.0385. The number of rotatable bonds is 5. The van der Waals surface area contributed by atoms with E-state index in [1.807, 2.05) is 30.3 Å². The number of halogens is 2. The molecule has 35 heavy (non-hydrogen) atoms. The molecule has 2 aliphatic heterocycles. The third-order valence-corrected chi connectivity index (χ3v) is 6.03. The van der Waals surface area contributed by atoms with Gasteiger partial charge in [0.25, 0.3) is 0 Å². The number of carbonyl (C=O) groups is 2. The molecular formula is C26H15Br2NO6. The van der Waals surface area contributed by atoms with Crippen LogP contribution >= 0.6 is 31.9 Å². The Kier molecular flexibility index (Phi) is 6.52. The van der Waals surface area contributed by atoms with Gasteiger partial charge in [0.1, 0.15) is 0 Å². The first-order valence-corrected chi connectivity index (χ1v) is 11.9. The summed E-state index contributed by atoms with van der Waals surface area (Å²) < 4.78 is 22.9. The van der Waals surface area contributed by atoms with E-state index in [0.717, 1.165) is 5.56 Å². The first-order valence-electron chi connectivity index (χ1n) is 10.3. The summed E-state index contributed by atoms with van der Waals surface area (Å²) in [5.41, 5.74) is 1.94. The predicted molar refractivity (Wildman–Crippen MR) is 136 cm³/mol. The van der Waals surface area contributed by atoms with Gasteiger partial charge in [0, 0.05) is 21.7 Å². The highest BCUT2D eigenvalue weighted by molar-refractivity contribution is 9.11. The maximum atomic E-state index is 12.6. The molecule has 5 rings (SSSR count). The number of fused-ring (bicyclic) bond motifs is 1. The summed E-state index contributed by atoms with van der Waals surface area (Å²) in [7, 11) is 0. The molecule has 174 valence electrons. The van der Waals surface area contributed by atoms with E-state index in [9.17, 15) is 9.59 Å². The Morgan fingerprint density at radius 1 is 1.00 bits per heavy atom. The third kappa shape index (κ3) is 5.21. The second-order valence-corrected chi connectivity index (χ2v) is 9.15. The number of carbonyl (C=O) groups excluding carboxylic acids is 2. The lowest BCUT2D eigenvalue weighted by molar-refractivity contribution is -0.130. The fourth-order valence-corrected chi connectivity index (χ4v) is 4.71. The Morgan fingerprint density at radius 3 is 2.63 bits per heavy atom. The lowest BCUT2D eigenvalue weighted by Crippen LogP contribution is -2.06. The van der Waals surface area contributed by atoms with E-state index >= 15 is 0 Å². The fourth-order valence-electron chi connectivity index (χ4n) is 3.37. The van der Waals surface area contributed by atoms with Crippen LogP contribution in [-0.4, -0.2) is 24.6 Å². The van der Waals surface area contributed by atoms with Crippen molar-refractivity contribution in [1.29, 1.82) is 0 Å². The molecule has 0 saturated heterocycles. The largest absolute Gasteiger partial charge is 0.454 e. The zero-order valence-electron chi connectivity index (χ0n) is 17.9. The number of hydrogen-bond acceptors (Lipinski definition) is 7. The summed E-state index contributed by atoms with van der Waals surface area (Å²) in [6, 6.07) is 18.0. The van der Waals surface area contributed by atoms with Gasteiger partial charge in [0.2, 0.25) is 12.7 Å². The molecule has 7 nitrogen and oxygen atoms in total. The van der Waals surface area contributed by atoms with Crippen LogP contribution in [0.15, 0.2) is 86.4 Å². The van der Waals surface area contributed by atoms with Crippen LogP contribution in [0.2, 0.25) is 0 Å². The highest BCUT2D eigenvalue weighted by Crippen LogP contribution is 2.36. The van der Waals surface area contributed by atoms with Gasteiger partial charge < -0.3 is 18.9 Å². The Morgan fingerprint density at radius 2 is 1.80 bits per heavy atom. The second kappa shape index (κ2) is 9.89. The molecule has 3 aromatic carbocycles. The zero-order valence-corrected chi connectivity index (χ0v) is 21.0. The molecule has 0 fully saturated rings. The maximum Gasteiger partial charge on any atom is 0.363 e. The summed E-state index contributed by atoms with van der Waals surface area (Å²) in [6.45, 7) is 0.135. The average molecular weight is 597 g/mol. The Balaban J connectivity index is 1.43. The van der Waals surface area contributed by atoms with Crippen LogP contribution in [0.1, 0.15) is 16.7 Å². The minimum atomic E-state index is -0.630. The van der Waals surface area contributed by atoms with E-state index in [0.29, 0.717) is 31.6 Å². The molecule has 0 amide bonds. The van der Waals surface area contributed by atoms with Crippen LogP contribution in [0, 0.1) is 0 Å². The lowest BCUT2D eigenvalue weighted by atomic mass is 10.1. The highest BCUT2D eigenvalue weighted by Gasteiger charge is 2.27. The maximum absolute atomic E-state index is 12.6. The molecule has 0 unspecified atom stereocenters. The van der Waals surface area contributed by atoms with Gasteiger partial charge in [-0.2, -0.15) is 0 Å². The van der Waals surface area contributed by atoms with E-state index < -0.39 is 11.9 Å². The number of ether oxygens (including phenoxy) is 4. The minimum Gasteiger partial charge on any atom is -0.454 e. The van der Waals surface area contributed by atoms with Crippen molar-refractivity contribution < 1.29 is 28.5 Å². The Bertz CT molecular complexity index is 1430. The average Bonchev–Trinajstić information content (AvgIpc) is 3.46. The Hall–Kier alpha value is -3.69. The van der Waals surface area contributed by atoms with E-state index in [2.05, 4.69) is 36.9 Å². The number of cyclic esters (lactones) is 1. The van der Waals surface area contributed by atoms with Crippen molar-refractivity contribution in [1.82, 2.24) is 0 Å². The van der Waals surface area contributed by atoms with Gasteiger partial charge in [-0.05, 0) is 64.0 Å². The van der Waals surface area contributed by atoms with E-state index in [-0.39, 0.29) is 24.1 Å². The van der Waals surface area contributed by atoms with Crippen LogP contribution in [0.5, 0.6) is 17.2 Å². The van der Waals surface area contributed by atoms with Gasteiger partial charge in [-0.15, -0.1) is 0 Å². The number of benzene rings is 3. The van der Waals surface area contributed by atoms with Gasteiger partial charge in [0.15, 0.2) is 22.9 Å². The molecular weight excluding hydrogens is 582 g/mol. The molecule has 0 aliphatic carbocycles. The van der Waals surface area contributed by atoms with Crippen molar-refractivity contribution >= 4 is 61.8 Å². The molecule has 9 heteroatoms. The number of esters is 2. The quantitative estimate of drug-likeness (QED) is 0.207. The summed E-state index contributed by atoms with van der Waals surface area (Å²) in [4.78, 5) is 29.4. The highest BCUT2D eigenvalue weighted by atomic mass is 79.9. The number of nitrogens with zero attached hydrogens (tertiary/aromatic N) is 1. The van der Waals surface area contributed by atoms with Gasteiger partial charge in [-0.25, -0.2) is 14.6 Å². The molecule has 0 aromatic heterocycles. The SMILES string of the molecule is O=C(/C=C/c1ccccc1)Oc1c(Br)cc(Br)cc1/C=C1/N=C(c2ccc3c(c2)OCO3)OC1=O. The third-order valence-electron chi connectivity index (χ3n) is 4.98. The van der Waals surface area contributed by atoms with Crippen LogP contribution in [0.25, 0.3) is 12.2 Å². The van der Waals surface area contributed by atoms with Crippen LogP contribution in [-0.2, 0) is 14.3 Å². The normalized spacial score (nSPS) is 15.4. The molecule has 0 saturated carbocycles. The van der Waals surface area contributed by atoms with E-state index in [1.165, 1.54) is 12.2 Å². The minimum absolute atomic E-state index is 0.0554.